The van der Waals surface area contributed by atoms with Gasteiger partial charge in [0.05, 0.1) is 0 Å². The molecule has 0 unspecified atom stereocenters. The lowest BCUT2D eigenvalue weighted by molar-refractivity contribution is 0.104. The first-order valence-corrected chi connectivity index (χ1v) is 7.36. The van der Waals surface area contributed by atoms with E-state index in [0.29, 0.717) is 5.56 Å². The maximum atomic E-state index is 13.5. The van der Waals surface area contributed by atoms with Gasteiger partial charge in [-0.25, -0.2) is 17.6 Å². The monoisotopic (exact) mass is 326 g/mol. The molecule has 0 fully saturated rings. The van der Waals surface area contributed by atoms with E-state index in [1.165, 1.54) is 11.8 Å². The summed E-state index contributed by atoms with van der Waals surface area (Å²) < 4.78 is 52.8. The van der Waals surface area contributed by atoms with Crippen LogP contribution in [-0.4, -0.2) is 12.0 Å². The standard InChI is InChI=1S/C16H10F4OS/c1-22-10-4-2-9(3-5-10)14(21)7-6-11-12(17)8-13(18)16(20)15(11)19/h2-8H,1H3/b7-6+. The molecule has 0 N–H and O–H groups in total. The lowest BCUT2D eigenvalue weighted by Gasteiger charge is -2.02. The van der Waals surface area contributed by atoms with E-state index in [9.17, 15) is 22.4 Å². The van der Waals surface area contributed by atoms with E-state index >= 15 is 0 Å². The van der Waals surface area contributed by atoms with Gasteiger partial charge < -0.3 is 0 Å². The van der Waals surface area contributed by atoms with Crippen LogP contribution in [0, 0.1) is 23.3 Å². The molecule has 2 aromatic carbocycles. The summed E-state index contributed by atoms with van der Waals surface area (Å²) >= 11 is 1.50. The number of ketones is 1. The summed E-state index contributed by atoms with van der Waals surface area (Å²) in [5, 5.41) is 0. The van der Waals surface area contributed by atoms with Crippen LogP contribution in [0.1, 0.15) is 15.9 Å². The minimum absolute atomic E-state index is 0.232. The molecule has 0 aliphatic carbocycles. The Labute approximate surface area is 128 Å². The van der Waals surface area contributed by atoms with E-state index < -0.39 is 34.6 Å². The Kier molecular flexibility index (Phi) is 5.03. The van der Waals surface area contributed by atoms with Gasteiger partial charge in [0.2, 0.25) is 0 Å². The molecule has 0 saturated heterocycles. The number of benzene rings is 2. The molecule has 2 aromatic rings. The minimum Gasteiger partial charge on any atom is -0.289 e. The van der Waals surface area contributed by atoms with Gasteiger partial charge in [0, 0.05) is 22.1 Å². The maximum Gasteiger partial charge on any atom is 0.195 e. The van der Waals surface area contributed by atoms with E-state index in [-0.39, 0.29) is 6.07 Å². The molecule has 0 spiro atoms. The number of carbonyl (C=O) groups excluding carboxylic acids is 1. The predicted octanol–water partition coefficient (Wildman–Crippen LogP) is 4.86. The predicted molar refractivity (Wildman–Crippen MR) is 77.9 cm³/mol. The third-order valence-corrected chi connectivity index (χ3v) is 3.67. The van der Waals surface area contributed by atoms with Crippen molar-refractivity contribution in [3.63, 3.8) is 0 Å². The number of allylic oxidation sites excluding steroid dienone is 1. The highest BCUT2D eigenvalue weighted by molar-refractivity contribution is 7.98. The van der Waals surface area contributed by atoms with Gasteiger partial charge in [0.1, 0.15) is 5.82 Å². The van der Waals surface area contributed by atoms with Crippen molar-refractivity contribution < 1.29 is 22.4 Å². The molecule has 0 amide bonds. The molecule has 0 aliphatic heterocycles. The van der Waals surface area contributed by atoms with Crippen LogP contribution in [0.4, 0.5) is 17.6 Å². The van der Waals surface area contributed by atoms with E-state index in [1.807, 2.05) is 6.26 Å². The summed E-state index contributed by atoms with van der Waals surface area (Å²) in [7, 11) is 0. The molecule has 1 nitrogen and oxygen atoms in total. The largest absolute Gasteiger partial charge is 0.289 e. The fourth-order valence-electron chi connectivity index (χ4n) is 1.74. The van der Waals surface area contributed by atoms with Crippen molar-refractivity contribution in [3.05, 3.63) is 70.8 Å². The fourth-order valence-corrected chi connectivity index (χ4v) is 2.15. The molecule has 0 radical (unpaired) electrons. The Balaban J connectivity index is 2.28. The minimum atomic E-state index is -1.78. The second-order valence-electron chi connectivity index (χ2n) is 4.31. The van der Waals surface area contributed by atoms with Gasteiger partial charge in [0.15, 0.2) is 23.2 Å². The third-order valence-electron chi connectivity index (χ3n) is 2.93. The first-order chi connectivity index (χ1) is 10.4. The molecule has 22 heavy (non-hydrogen) atoms. The number of halogens is 4. The number of rotatable bonds is 4. The zero-order valence-electron chi connectivity index (χ0n) is 11.4. The first-order valence-electron chi connectivity index (χ1n) is 6.13. The highest BCUT2D eigenvalue weighted by Gasteiger charge is 2.17. The van der Waals surface area contributed by atoms with E-state index in [1.54, 1.807) is 24.3 Å². The first kappa shape index (κ1) is 16.3. The van der Waals surface area contributed by atoms with Gasteiger partial charge in [-0.05, 0) is 42.7 Å². The normalized spacial score (nSPS) is 11.1. The average Bonchev–Trinajstić information content (AvgIpc) is 2.52. The lowest BCUT2D eigenvalue weighted by atomic mass is 10.1. The van der Waals surface area contributed by atoms with E-state index in [0.717, 1.165) is 17.0 Å². The Morgan fingerprint density at radius 2 is 1.64 bits per heavy atom. The zero-order chi connectivity index (χ0) is 16.3. The molecule has 0 saturated carbocycles. The highest BCUT2D eigenvalue weighted by Crippen LogP contribution is 2.21. The average molecular weight is 326 g/mol. The number of hydrogen-bond acceptors (Lipinski definition) is 2. The fraction of sp³-hybridized carbons (Fsp3) is 0.0625. The molecule has 0 atom stereocenters. The van der Waals surface area contributed by atoms with Gasteiger partial charge in [-0.3, -0.25) is 4.79 Å². The molecule has 0 bridgehead atoms. The molecular formula is C16H10F4OS. The summed E-state index contributed by atoms with van der Waals surface area (Å²) in [5.41, 5.74) is -0.481. The molecule has 114 valence electrons. The highest BCUT2D eigenvalue weighted by atomic mass is 32.2. The summed E-state index contributed by atoms with van der Waals surface area (Å²) in [5.74, 6) is -6.85. The summed E-state index contributed by atoms with van der Waals surface area (Å²) in [6.07, 6.45) is 3.58. The summed E-state index contributed by atoms with van der Waals surface area (Å²) in [6, 6.07) is 6.82. The zero-order valence-corrected chi connectivity index (χ0v) is 12.2. The summed E-state index contributed by atoms with van der Waals surface area (Å²) in [4.78, 5) is 12.8. The van der Waals surface area contributed by atoms with E-state index in [2.05, 4.69) is 0 Å². The van der Waals surface area contributed by atoms with Crippen LogP contribution in [0.5, 0.6) is 0 Å². The number of carbonyl (C=O) groups is 1. The number of thioether (sulfide) groups is 1. The van der Waals surface area contributed by atoms with Crippen molar-refractivity contribution >= 4 is 23.6 Å². The summed E-state index contributed by atoms with van der Waals surface area (Å²) in [6.45, 7) is 0. The van der Waals surface area contributed by atoms with Gasteiger partial charge in [0.25, 0.3) is 0 Å². The maximum absolute atomic E-state index is 13.5. The Morgan fingerprint density at radius 1 is 1.00 bits per heavy atom. The Bertz CT molecular complexity index is 739. The van der Waals surface area contributed by atoms with Crippen molar-refractivity contribution in [2.45, 2.75) is 4.90 Å². The molecule has 0 aromatic heterocycles. The van der Waals surface area contributed by atoms with Crippen LogP contribution in [0.3, 0.4) is 0 Å². The van der Waals surface area contributed by atoms with Crippen molar-refractivity contribution in [1.29, 1.82) is 0 Å². The molecular weight excluding hydrogens is 316 g/mol. The molecule has 6 heteroatoms. The topological polar surface area (TPSA) is 17.1 Å². The van der Waals surface area contributed by atoms with Crippen molar-refractivity contribution in [2.24, 2.45) is 0 Å². The van der Waals surface area contributed by atoms with Gasteiger partial charge in [-0.1, -0.05) is 0 Å². The lowest BCUT2D eigenvalue weighted by Crippen LogP contribution is -1.99. The Hall–Kier alpha value is -2.08. The van der Waals surface area contributed by atoms with Crippen molar-refractivity contribution in [2.75, 3.05) is 6.26 Å². The second-order valence-corrected chi connectivity index (χ2v) is 5.19. The van der Waals surface area contributed by atoms with Crippen LogP contribution in [0.15, 0.2) is 41.3 Å². The molecule has 0 heterocycles. The third kappa shape index (κ3) is 3.39. The van der Waals surface area contributed by atoms with E-state index in [4.69, 9.17) is 0 Å². The molecule has 2 rings (SSSR count). The van der Waals surface area contributed by atoms with Gasteiger partial charge >= 0.3 is 0 Å². The Morgan fingerprint density at radius 3 is 2.23 bits per heavy atom. The smallest absolute Gasteiger partial charge is 0.195 e. The SMILES string of the molecule is CSc1ccc(C(=O)/C=C/c2c(F)cc(F)c(F)c2F)cc1. The van der Waals surface area contributed by atoms with Gasteiger partial charge in [-0.2, -0.15) is 0 Å². The number of hydrogen-bond donors (Lipinski definition) is 0. The molecule has 0 aliphatic rings. The van der Waals surface area contributed by atoms with Gasteiger partial charge in [-0.15, -0.1) is 11.8 Å². The van der Waals surface area contributed by atoms with Crippen molar-refractivity contribution in [3.8, 4) is 0 Å². The second kappa shape index (κ2) is 6.79. The van der Waals surface area contributed by atoms with Crippen molar-refractivity contribution in [1.82, 2.24) is 0 Å². The van der Waals surface area contributed by atoms with Crippen LogP contribution in [0.25, 0.3) is 6.08 Å². The van der Waals surface area contributed by atoms with Crippen LogP contribution < -0.4 is 0 Å². The van der Waals surface area contributed by atoms with Crippen LogP contribution in [0.2, 0.25) is 0 Å². The van der Waals surface area contributed by atoms with Crippen LogP contribution in [-0.2, 0) is 0 Å². The van der Waals surface area contributed by atoms with Crippen LogP contribution >= 0.6 is 11.8 Å². The quantitative estimate of drug-likeness (QED) is 0.199.